The molecule has 3 rings (SSSR count). The van der Waals surface area contributed by atoms with Crippen LogP contribution in [0.5, 0.6) is 0 Å². The topological polar surface area (TPSA) is 79.5 Å². The van der Waals surface area contributed by atoms with E-state index in [2.05, 4.69) is 0 Å². The van der Waals surface area contributed by atoms with Crippen molar-refractivity contribution in [2.24, 2.45) is 0 Å². The molecule has 0 spiro atoms. The number of aryl methyl sites for hydroxylation is 1. The summed E-state index contributed by atoms with van der Waals surface area (Å²) in [6, 6.07) is 8.35. The molecule has 0 aliphatic rings. The molecule has 2 N–H and O–H groups in total. The Morgan fingerprint density at radius 1 is 1.04 bits per heavy atom. The highest BCUT2D eigenvalue weighted by molar-refractivity contribution is 7.90. The number of aromatic nitrogens is 1. The van der Waals surface area contributed by atoms with Crippen molar-refractivity contribution in [3.05, 3.63) is 59.8 Å². The van der Waals surface area contributed by atoms with Crippen LogP contribution in [0.1, 0.15) is 11.1 Å². The molecule has 1 heterocycles. The molecule has 2 aromatic carbocycles. The molecule has 0 amide bonds. The summed E-state index contributed by atoms with van der Waals surface area (Å²) in [4.78, 5) is -0.0705. The van der Waals surface area contributed by atoms with Crippen molar-refractivity contribution in [1.29, 1.82) is 0 Å². The van der Waals surface area contributed by atoms with Crippen LogP contribution >= 0.6 is 0 Å². The summed E-state index contributed by atoms with van der Waals surface area (Å²) >= 11 is 0. The minimum Gasteiger partial charge on any atom is -0.423 e. The molecule has 3 aromatic rings. The van der Waals surface area contributed by atoms with Crippen LogP contribution in [0.4, 0.5) is 13.2 Å². The number of rotatable bonds is 3. The van der Waals surface area contributed by atoms with Crippen LogP contribution < -0.4 is 5.46 Å². The zero-order valence-corrected chi connectivity index (χ0v) is 14.2. The highest BCUT2D eigenvalue weighted by Gasteiger charge is 2.33. The Kier molecular flexibility index (Phi) is 4.37. The van der Waals surface area contributed by atoms with Gasteiger partial charge in [-0.3, -0.25) is 0 Å². The van der Waals surface area contributed by atoms with Crippen LogP contribution in [-0.2, 0) is 16.2 Å². The number of hydrogen-bond acceptors (Lipinski definition) is 4. The maximum Gasteiger partial charge on any atom is 0.490 e. The smallest absolute Gasteiger partial charge is 0.423 e. The van der Waals surface area contributed by atoms with Crippen molar-refractivity contribution < 1.29 is 31.6 Å². The van der Waals surface area contributed by atoms with E-state index in [0.29, 0.717) is 6.07 Å². The largest absolute Gasteiger partial charge is 0.490 e. The van der Waals surface area contributed by atoms with Gasteiger partial charge in [-0.2, -0.15) is 13.2 Å². The van der Waals surface area contributed by atoms with Gasteiger partial charge in [-0.1, -0.05) is 17.7 Å². The molecule has 5 nitrogen and oxygen atoms in total. The van der Waals surface area contributed by atoms with Gasteiger partial charge < -0.3 is 10.0 Å². The Bertz CT molecular complexity index is 1070. The van der Waals surface area contributed by atoms with Crippen molar-refractivity contribution in [1.82, 2.24) is 3.97 Å². The molecule has 0 bridgehead atoms. The predicted molar refractivity (Wildman–Crippen MR) is 90.5 cm³/mol. The van der Waals surface area contributed by atoms with Crippen LogP contribution in [0.15, 0.2) is 53.6 Å². The second kappa shape index (κ2) is 6.15. The molecule has 0 unspecified atom stereocenters. The van der Waals surface area contributed by atoms with E-state index >= 15 is 0 Å². The quantitative estimate of drug-likeness (QED) is 0.677. The molecule has 0 saturated heterocycles. The summed E-state index contributed by atoms with van der Waals surface area (Å²) in [6.07, 6.45) is -3.73. The summed E-state index contributed by atoms with van der Waals surface area (Å²) in [5, 5.41) is 18.7. The molecule has 0 saturated carbocycles. The number of nitrogens with zero attached hydrogens (tertiary/aromatic N) is 1. The summed E-state index contributed by atoms with van der Waals surface area (Å²) in [5.74, 6) is 0. The van der Waals surface area contributed by atoms with E-state index in [0.717, 1.165) is 27.9 Å². The number of hydrogen-bond donors (Lipinski definition) is 2. The van der Waals surface area contributed by atoms with Gasteiger partial charge in [-0.05, 0) is 37.3 Å². The fourth-order valence-corrected chi connectivity index (χ4v) is 4.01. The summed E-state index contributed by atoms with van der Waals surface area (Å²) in [5.41, 5.74) is -0.594. The van der Waals surface area contributed by atoms with E-state index in [1.54, 1.807) is 19.1 Å². The third-order valence-electron chi connectivity index (χ3n) is 3.98. The lowest BCUT2D eigenvalue weighted by molar-refractivity contribution is -0.137. The molecule has 136 valence electrons. The molecular weight excluding hydrogens is 370 g/mol. The lowest BCUT2D eigenvalue weighted by atomic mass is 9.80. The third kappa shape index (κ3) is 3.11. The molecule has 0 radical (unpaired) electrons. The summed E-state index contributed by atoms with van der Waals surface area (Å²) in [6.45, 7) is 1.78. The van der Waals surface area contributed by atoms with E-state index in [1.807, 2.05) is 0 Å². The Labute approximate surface area is 147 Å². The lowest BCUT2D eigenvalue weighted by Crippen LogP contribution is -2.29. The maximum atomic E-state index is 12.9. The van der Waals surface area contributed by atoms with Crippen molar-refractivity contribution >= 4 is 33.5 Å². The zero-order valence-electron chi connectivity index (χ0n) is 13.4. The van der Waals surface area contributed by atoms with Gasteiger partial charge in [0.1, 0.15) is 0 Å². The van der Waals surface area contributed by atoms with Gasteiger partial charge in [-0.15, -0.1) is 0 Å². The maximum absolute atomic E-state index is 12.9. The van der Waals surface area contributed by atoms with E-state index < -0.39 is 28.9 Å². The number of fused-ring (bicyclic) bond motifs is 1. The number of halogens is 3. The molecule has 0 aliphatic heterocycles. The van der Waals surface area contributed by atoms with Gasteiger partial charge in [0, 0.05) is 17.0 Å². The fourth-order valence-electron chi connectivity index (χ4n) is 2.63. The fraction of sp³-hybridized carbons (Fsp3) is 0.125. The highest BCUT2D eigenvalue weighted by atomic mass is 32.2. The average molecular weight is 383 g/mol. The lowest BCUT2D eigenvalue weighted by Gasteiger charge is -2.09. The van der Waals surface area contributed by atoms with Gasteiger partial charge in [-0.25, -0.2) is 12.4 Å². The van der Waals surface area contributed by atoms with Crippen molar-refractivity contribution in [3.8, 4) is 0 Å². The van der Waals surface area contributed by atoms with Crippen LogP contribution in [-0.4, -0.2) is 29.6 Å². The summed E-state index contributed by atoms with van der Waals surface area (Å²) in [7, 11) is -6.26. The molecule has 10 heteroatoms. The Hall–Kier alpha value is -2.30. The van der Waals surface area contributed by atoms with Crippen molar-refractivity contribution in [3.63, 3.8) is 0 Å². The predicted octanol–water partition coefficient (Wildman–Crippen LogP) is 1.89. The van der Waals surface area contributed by atoms with Gasteiger partial charge in [0.05, 0.1) is 16.0 Å². The minimum atomic E-state index is -4.65. The normalized spacial score (nSPS) is 12.5. The van der Waals surface area contributed by atoms with E-state index in [4.69, 9.17) is 0 Å². The SMILES string of the molecule is Cc1ccc(S(=O)(=O)n2cc(B(O)O)c3cc(C(F)(F)F)ccc32)cc1. The molecule has 0 fully saturated rings. The molecule has 1 aromatic heterocycles. The number of benzene rings is 2. The van der Waals surface area contributed by atoms with Gasteiger partial charge >= 0.3 is 13.3 Å². The molecule has 0 aliphatic carbocycles. The van der Waals surface area contributed by atoms with Crippen molar-refractivity contribution in [2.45, 2.75) is 18.0 Å². The second-order valence-electron chi connectivity index (χ2n) is 5.80. The first-order valence-electron chi connectivity index (χ1n) is 7.42. The first-order chi connectivity index (χ1) is 12.0. The van der Waals surface area contributed by atoms with Crippen LogP contribution in [0.2, 0.25) is 0 Å². The summed E-state index contributed by atoms with van der Waals surface area (Å²) < 4.78 is 65.3. The molecule has 0 atom stereocenters. The third-order valence-corrected chi connectivity index (χ3v) is 5.67. The van der Waals surface area contributed by atoms with Crippen LogP contribution in [0, 0.1) is 6.92 Å². The van der Waals surface area contributed by atoms with Gasteiger partial charge in [0.2, 0.25) is 0 Å². The Morgan fingerprint density at radius 2 is 1.65 bits per heavy atom. The van der Waals surface area contributed by atoms with Gasteiger partial charge in [0.15, 0.2) is 0 Å². The molecule has 26 heavy (non-hydrogen) atoms. The Balaban J connectivity index is 2.28. The minimum absolute atomic E-state index is 0.0705. The van der Waals surface area contributed by atoms with Crippen LogP contribution in [0.3, 0.4) is 0 Å². The van der Waals surface area contributed by atoms with E-state index in [9.17, 15) is 31.6 Å². The monoisotopic (exact) mass is 383 g/mol. The van der Waals surface area contributed by atoms with Crippen molar-refractivity contribution in [2.75, 3.05) is 0 Å². The first-order valence-corrected chi connectivity index (χ1v) is 8.86. The number of alkyl halides is 3. The van der Waals surface area contributed by atoms with E-state index in [-0.39, 0.29) is 21.3 Å². The standard InChI is InChI=1S/C16H13BF3NO4S/c1-10-2-5-12(6-3-10)26(24,25)21-9-14(17(22)23)13-8-11(16(18,19)20)4-7-15(13)21/h2-9,22-23H,1H3. The Morgan fingerprint density at radius 3 is 2.19 bits per heavy atom. The molecular formula is C16H13BF3NO4S. The second-order valence-corrected chi connectivity index (χ2v) is 7.62. The highest BCUT2D eigenvalue weighted by Crippen LogP contribution is 2.32. The first kappa shape index (κ1) is 18.5. The van der Waals surface area contributed by atoms with Crippen LogP contribution in [0.25, 0.3) is 10.9 Å². The average Bonchev–Trinajstić information content (AvgIpc) is 2.94. The van der Waals surface area contributed by atoms with Gasteiger partial charge in [0.25, 0.3) is 10.0 Å². The van der Waals surface area contributed by atoms with E-state index in [1.165, 1.54) is 12.1 Å². The zero-order chi connectivity index (χ0) is 19.3.